The number of thiazole rings is 1. The first-order valence-electron chi connectivity index (χ1n) is 7.88. The van der Waals surface area contributed by atoms with Gasteiger partial charge in [0.1, 0.15) is 5.82 Å². The van der Waals surface area contributed by atoms with E-state index in [-0.39, 0.29) is 18.1 Å². The normalized spacial score (nSPS) is 10.9. The molecule has 0 atom stereocenters. The van der Waals surface area contributed by atoms with Crippen molar-refractivity contribution in [3.05, 3.63) is 41.2 Å². The predicted octanol–water partition coefficient (Wildman–Crippen LogP) is 2.98. The lowest BCUT2D eigenvalue weighted by Crippen LogP contribution is -2.37. The Morgan fingerprint density at radius 1 is 1.29 bits per heavy atom. The summed E-state index contributed by atoms with van der Waals surface area (Å²) in [5, 5.41) is 5.37. The number of likely N-dealkylation sites (N-methyl/N-ethyl adjacent to an activating group) is 2. The Hall–Kier alpha value is -1.99. The first-order valence-corrected chi connectivity index (χ1v) is 8.76. The highest BCUT2D eigenvalue weighted by molar-refractivity contribution is 7.13. The van der Waals surface area contributed by atoms with Crippen LogP contribution < -0.4 is 5.32 Å². The zero-order valence-corrected chi connectivity index (χ0v) is 15.1. The first-order chi connectivity index (χ1) is 11.5. The van der Waals surface area contributed by atoms with Crippen molar-refractivity contribution in [1.82, 2.24) is 14.8 Å². The molecule has 0 fully saturated rings. The molecule has 0 spiro atoms. The summed E-state index contributed by atoms with van der Waals surface area (Å²) >= 11 is 1.36. The van der Waals surface area contributed by atoms with E-state index in [9.17, 15) is 9.18 Å². The number of amides is 1. The summed E-state index contributed by atoms with van der Waals surface area (Å²) in [5.41, 5.74) is 1.08. The van der Waals surface area contributed by atoms with E-state index in [2.05, 4.69) is 15.2 Å². The number of anilines is 2. The molecule has 0 aliphatic heterocycles. The molecular formula is C17H23FN4OS. The van der Waals surface area contributed by atoms with Gasteiger partial charge in [-0.2, -0.15) is 0 Å². The third-order valence-electron chi connectivity index (χ3n) is 3.55. The molecule has 130 valence electrons. The number of halogens is 1. The molecule has 1 aromatic heterocycles. The maximum Gasteiger partial charge on any atom is 0.228 e. The lowest BCUT2D eigenvalue weighted by Gasteiger charge is -2.22. The number of aromatic nitrogens is 1. The topological polar surface area (TPSA) is 48.5 Å². The van der Waals surface area contributed by atoms with Crippen LogP contribution in [0.5, 0.6) is 0 Å². The molecule has 0 bridgehead atoms. The van der Waals surface area contributed by atoms with Gasteiger partial charge in [-0.15, -0.1) is 11.3 Å². The molecule has 7 heteroatoms. The highest BCUT2D eigenvalue weighted by Crippen LogP contribution is 2.23. The number of nitrogens with one attached hydrogen (secondary N) is 1. The second-order valence-corrected chi connectivity index (χ2v) is 6.56. The molecule has 24 heavy (non-hydrogen) atoms. The maximum absolute atomic E-state index is 13.6. The molecule has 0 aliphatic carbocycles. The van der Waals surface area contributed by atoms with Gasteiger partial charge in [0.05, 0.1) is 17.8 Å². The van der Waals surface area contributed by atoms with E-state index in [1.807, 2.05) is 31.3 Å². The third kappa shape index (κ3) is 5.28. The van der Waals surface area contributed by atoms with Gasteiger partial charge in [-0.05, 0) is 33.2 Å². The van der Waals surface area contributed by atoms with Crippen molar-refractivity contribution in [2.75, 3.05) is 39.0 Å². The maximum atomic E-state index is 13.6. The molecule has 0 saturated heterocycles. The molecule has 1 amide bonds. The number of rotatable bonds is 8. The summed E-state index contributed by atoms with van der Waals surface area (Å²) in [6, 6.07) is 6.44. The first kappa shape index (κ1) is 18.4. The standard InChI is InChI=1S/C17H23FN4OS/c1-4-22(10-9-21(2)3)16(23)11-13-12-24-17(19-13)20-15-8-6-5-7-14(15)18/h5-8,12H,4,9-11H2,1-3H3,(H,19,20). The van der Waals surface area contributed by atoms with Gasteiger partial charge in [0.2, 0.25) is 5.91 Å². The van der Waals surface area contributed by atoms with E-state index in [0.717, 1.165) is 6.54 Å². The SMILES string of the molecule is CCN(CCN(C)C)C(=O)Cc1csc(Nc2ccccc2F)n1. The van der Waals surface area contributed by atoms with Crippen molar-refractivity contribution in [2.24, 2.45) is 0 Å². The van der Waals surface area contributed by atoms with Crippen molar-refractivity contribution in [3.63, 3.8) is 0 Å². The van der Waals surface area contributed by atoms with Crippen LogP contribution in [0.15, 0.2) is 29.6 Å². The van der Waals surface area contributed by atoms with Gasteiger partial charge in [0.15, 0.2) is 5.13 Å². The van der Waals surface area contributed by atoms with Gasteiger partial charge < -0.3 is 15.1 Å². The summed E-state index contributed by atoms with van der Waals surface area (Å²) in [6.45, 7) is 4.18. The number of benzene rings is 1. The fourth-order valence-electron chi connectivity index (χ4n) is 2.17. The van der Waals surface area contributed by atoms with Crippen LogP contribution in [0.1, 0.15) is 12.6 Å². The zero-order chi connectivity index (χ0) is 17.5. The minimum absolute atomic E-state index is 0.0575. The lowest BCUT2D eigenvalue weighted by atomic mass is 10.3. The minimum Gasteiger partial charge on any atom is -0.341 e. The average Bonchev–Trinajstić information content (AvgIpc) is 2.97. The number of hydrogen-bond acceptors (Lipinski definition) is 5. The molecule has 0 unspecified atom stereocenters. The Morgan fingerprint density at radius 3 is 2.71 bits per heavy atom. The van der Waals surface area contributed by atoms with Gasteiger partial charge in [-0.1, -0.05) is 12.1 Å². The quantitative estimate of drug-likeness (QED) is 0.795. The molecule has 0 saturated carbocycles. The smallest absolute Gasteiger partial charge is 0.228 e. The Morgan fingerprint density at radius 2 is 2.04 bits per heavy atom. The molecule has 2 aromatic rings. The van der Waals surface area contributed by atoms with E-state index in [1.54, 1.807) is 18.2 Å². The minimum atomic E-state index is -0.328. The number of hydrogen-bond donors (Lipinski definition) is 1. The molecule has 1 aromatic carbocycles. The largest absolute Gasteiger partial charge is 0.341 e. The molecule has 0 radical (unpaired) electrons. The van der Waals surface area contributed by atoms with Gasteiger partial charge in [-0.25, -0.2) is 9.37 Å². The second kappa shape index (κ2) is 8.75. The summed E-state index contributed by atoms with van der Waals surface area (Å²) in [7, 11) is 3.97. The number of carbonyl (C=O) groups excluding carboxylic acids is 1. The van der Waals surface area contributed by atoms with Crippen LogP contribution in [-0.4, -0.2) is 54.4 Å². The number of nitrogens with zero attached hydrogens (tertiary/aromatic N) is 3. The van der Waals surface area contributed by atoms with Crippen LogP contribution in [0.3, 0.4) is 0 Å². The second-order valence-electron chi connectivity index (χ2n) is 5.70. The summed E-state index contributed by atoms with van der Waals surface area (Å²) in [4.78, 5) is 20.6. The van der Waals surface area contributed by atoms with Gasteiger partial charge in [0.25, 0.3) is 0 Å². The predicted molar refractivity (Wildman–Crippen MR) is 96.3 cm³/mol. The molecule has 5 nitrogen and oxygen atoms in total. The van der Waals surface area contributed by atoms with Crippen LogP contribution >= 0.6 is 11.3 Å². The van der Waals surface area contributed by atoms with Crippen molar-refractivity contribution in [2.45, 2.75) is 13.3 Å². The Balaban J connectivity index is 1.95. The summed E-state index contributed by atoms with van der Waals surface area (Å²) in [6.07, 6.45) is 0.261. The fourth-order valence-corrected chi connectivity index (χ4v) is 2.89. The van der Waals surface area contributed by atoms with Crippen LogP contribution in [0.2, 0.25) is 0 Å². The Kier molecular flexibility index (Phi) is 6.69. The fraction of sp³-hybridized carbons (Fsp3) is 0.412. The van der Waals surface area contributed by atoms with Crippen LogP contribution in [0.25, 0.3) is 0 Å². The number of para-hydroxylation sites is 1. The average molecular weight is 350 g/mol. The van der Waals surface area contributed by atoms with E-state index < -0.39 is 0 Å². The summed E-state index contributed by atoms with van der Waals surface area (Å²) < 4.78 is 13.6. The van der Waals surface area contributed by atoms with Crippen molar-refractivity contribution in [3.8, 4) is 0 Å². The monoisotopic (exact) mass is 350 g/mol. The summed E-state index contributed by atoms with van der Waals surface area (Å²) in [5.74, 6) is -0.270. The Labute approximate surface area is 146 Å². The van der Waals surface area contributed by atoms with Gasteiger partial charge in [-0.3, -0.25) is 4.79 Å². The van der Waals surface area contributed by atoms with Crippen molar-refractivity contribution in [1.29, 1.82) is 0 Å². The van der Waals surface area contributed by atoms with Crippen LogP contribution in [-0.2, 0) is 11.2 Å². The third-order valence-corrected chi connectivity index (χ3v) is 4.36. The molecule has 1 N–H and O–H groups in total. The zero-order valence-electron chi connectivity index (χ0n) is 14.3. The molecular weight excluding hydrogens is 327 g/mol. The highest BCUT2D eigenvalue weighted by Gasteiger charge is 2.14. The van der Waals surface area contributed by atoms with E-state index >= 15 is 0 Å². The van der Waals surface area contributed by atoms with E-state index in [4.69, 9.17) is 0 Å². The van der Waals surface area contributed by atoms with Crippen molar-refractivity contribution >= 4 is 28.1 Å². The Bertz CT molecular complexity index is 674. The molecule has 0 aliphatic rings. The van der Waals surface area contributed by atoms with E-state index in [0.29, 0.717) is 29.6 Å². The molecule has 1 heterocycles. The number of carbonyl (C=O) groups is 1. The molecule has 2 rings (SSSR count). The highest BCUT2D eigenvalue weighted by atomic mass is 32.1. The van der Waals surface area contributed by atoms with Gasteiger partial charge in [0, 0.05) is 25.0 Å². The van der Waals surface area contributed by atoms with Crippen molar-refractivity contribution < 1.29 is 9.18 Å². The lowest BCUT2D eigenvalue weighted by molar-refractivity contribution is -0.130. The van der Waals surface area contributed by atoms with E-state index in [1.165, 1.54) is 17.4 Å². The van der Waals surface area contributed by atoms with Crippen LogP contribution in [0, 0.1) is 5.82 Å². The van der Waals surface area contributed by atoms with Crippen LogP contribution in [0.4, 0.5) is 15.2 Å². The van der Waals surface area contributed by atoms with Gasteiger partial charge >= 0.3 is 0 Å².